The molecule has 0 aliphatic heterocycles. The second-order valence-corrected chi connectivity index (χ2v) is 4.30. The zero-order valence-electron chi connectivity index (χ0n) is 9.84. The fourth-order valence-electron chi connectivity index (χ4n) is 1.53. The summed E-state index contributed by atoms with van der Waals surface area (Å²) >= 11 is 5.98. The fourth-order valence-corrected chi connectivity index (χ4v) is 1.77. The molecule has 2 aromatic rings. The molecular formula is C14H11ClO4. The average Bonchev–Trinajstić information content (AvgIpc) is 2.37. The maximum absolute atomic E-state index is 10.8. The first-order valence-corrected chi connectivity index (χ1v) is 5.87. The van der Waals surface area contributed by atoms with Crippen molar-refractivity contribution < 1.29 is 19.7 Å². The number of phenolic OH excluding ortho intramolecular Hbond substituents is 1. The molecule has 0 atom stereocenters. The number of halogens is 1. The van der Waals surface area contributed by atoms with E-state index in [1.165, 1.54) is 18.2 Å². The third-order valence-corrected chi connectivity index (χ3v) is 2.86. The molecule has 0 aromatic heterocycles. The van der Waals surface area contributed by atoms with Crippen LogP contribution in [0.5, 0.6) is 11.5 Å². The lowest BCUT2D eigenvalue weighted by Gasteiger charge is -2.08. The van der Waals surface area contributed by atoms with Crippen LogP contribution in [-0.2, 0) is 6.61 Å². The number of carboxylic acid groups (broad SMARTS) is 1. The Bertz CT molecular complexity index is 610. The lowest BCUT2D eigenvalue weighted by atomic mass is 10.1. The third kappa shape index (κ3) is 3.39. The van der Waals surface area contributed by atoms with Crippen LogP contribution in [0.2, 0.25) is 5.02 Å². The molecule has 0 spiro atoms. The monoisotopic (exact) mass is 278 g/mol. The van der Waals surface area contributed by atoms with Gasteiger partial charge < -0.3 is 14.9 Å². The van der Waals surface area contributed by atoms with E-state index < -0.39 is 5.97 Å². The molecule has 0 amide bonds. The molecule has 0 saturated carbocycles. The van der Waals surface area contributed by atoms with Crippen LogP contribution in [0.25, 0.3) is 0 Å². The van der Waals surface area contributed by atoms with Gasteiger partial charge in [0.2, 0.25) is 0 Å². The molecule has 0 radical (unpaired) electrons. The minimum Gasteiger partial charge on any atom is -0.508 e. The predicted octanol–water partition coefficient (Wildman–Crippen LogP) is 3.32. The molecule has 0 saturated heterocycles. The highest BCUT2D eigenvalue weighted by atomic mass is 35.5. The third-order valence-electron chi connectivity index (χ3n) is 2.51. The van der Waals surface area contributed by atoms with E-state index in [1.807, 2.05) is 0 Å². The fraction of sp³-hybridized carbons (Fsp3) is 0.0714. The molecule has 2 N–H and O–H groups in total. The summed E-state index contributed by atoms with van der Waals surface area (Å²) in [5.41, 5.74) is 0.807. The molecule has 2 aromatic carbocycles. The highest BCUT2D eigenvalue weighted by Crippen LogP contribution is 2.22. The largest absolute Gasteiger partial charge is 0.508 e. The summed E-state index contributed by atoms with van der Waals surface area (Å²) in [5, 5.41) is 18.4. The standard InChI is InChI=1S/C14H11ClO4/c15-13-6-9(14(17)18)4-5-10(13)8-19-12-3-1-2-11(16)7-12/h1-7,16H,8H2,(H,17,18). The van der Waals surface area contributed by atoms with E-state index in [0.29, 0.717) is 16.3 Å². The Morgan fingerprint density at radius 1 is 1.21 bits per heavy atom. The summed E-state index contributed by atoms with van der Waals surface area (Å²) in [4.78, 5) is 10.8. The Labute approximate surface area is 114 Å². The summed E-state index contributed by atoms with van der Waals surface area (Å²) in [6, 6.07) is 10.9. The Morgan fingerprint density at radius 3 is 2.63 bits per heavy atom. The van der Waals surface area contributed by atoms with Gasteiger partial charge >= 0.3 is 5.97 Å². The Balaban J connectivity index is 2.10. The van der Waals surface area contributed by atoms with Crippen molar-refractivity contribution in [3.05, 3.63) is 58.6 Å². The predicted molar refractivity (Wildman–Crippen MR) is 70.9 cm³/mol. The van der Waals surface area contributed by atoms with Crippen molar-refractivity contribution in [1.82, 2.24) is 0 Å². The molecule has 2 rings (SSSR count). The summed E-state index contributed by atoms with van der Waals surface area (Å²) in [7, 11) is 0. The minimum absolute atomic E-state index is 0.116. The lowest BCUT2D eigenvalue weighted by molar-refractivity contribution is 0.0697. The normalized spacial score (nSPS) is 10.2. The van der Waals surface area contributed by atoms with Crippen LogP contribution >= 0.6 is 11.6 Å². The number of ether oxygens (including phenoxy) is 1. The Kier molecular flexibility index (Phi) is 3.92. The maximum atomic E-state index is 10.8. The second kappa shape index (κ2) is 5.63. The first-order valence-electron chi connectivity index (χ1n) is 5.50. The van der Waals surface area contributed by atoms with E-state index in [0.717, 1.165) is 0 Å². The number of rotatable bonds is 4. The summed E-state index contributed by atoms with van der Waals surface area (Å²) < 4.78 is 5.46. The van der Waals surface area contributed by atoms with E-state index >= 15 is 0 Å². The van der Waals surface area contributed by atoms with Crippen molar-refractivity contribution in [3.63, 3.8) is 0 Å². The highest BCUT2D eigenvalue weighted by Gasteiger charge is 2.07. The van der Waals surface area contributed by atoms with E-state index in [9.17, 15) is 9.90 Å². The van der Waals surface area contributed by atoms with Crippen molar-refractivity contribution in [2.24, 2.45) is 0 Å². The maximum Gasteiger partial charge on any atom is 0.335 e. The molecule has 4 nitrogen and oxygen atoms in total. The van der Waals surface area contributed by atoms with E-state index in [2.05, 4.69) is 0 Å². The number of carbonyl (C=O) groups is 1. The molecule has 0 fully saturated rings. The molecule has 0 heterocycles. The van der Waals surface area contributed by atoms with Crippen molar-refractivity contribution >= 4 is 17.6 Å². The van der Waals surface area contributed by atoms with Gasteiger partial charge in [-0.2, -0.15) is 0 Å². The van der Waals surface area contributed by atoms with E-state index in [4.69, 9.17) is 21.4 Å². The number of aromatic carboxylic acids is 1. The Hall–Kier alpha value is -2.20. The second-order valence-electron chi connectivity index (χ2n) is 3.90. The van der Waals surface area contributed by atoms with Crippen LogP contribution in [0.15, 0.2) is 42.5 Å². The number of phenols is 1. The van der Waals surface area contributed by atoms with E-state index in [-0.39, 0.29) is 17.9 Å². The van der Waals surface area contributed by atoms with Crippen molar-refractivity contribution in [2.75, 3.05) is 0 Å². The molecule has 0 unspecified atom stereocenters. The number of hydrogen-bond donors (Lipinski definition) is 2. The molecule has 0 bridgehead atoms. The molecule has 5 heteroatoms. The molecular weight excluding hydrogens is 268 g/mol. The SMILES string of the molecule is O=C(O)c1ccc(COc2cccc(O)c2)c(Cl)c1. The van der Waals surface area contributed by atoms with Gasteiger partial charge in [-0.3, -0.25) is 0 Å². The summed E-state index contributed by atoms with van der Waals surface area (Å²) in [5.74, 6) is -0.398. The van der Waals surface area contributed by atoms with Crippen molar-refractivity contribution in [1.29, 1.82) is 0 Å². The number of carboxylic acids is 1. The van der Waals surface area contributed by atoms with Gasteiger partial charge in [-0.1, -0.05) is 23.7 Å². The topological polar surface area (TPSA) is 66.8 Å². The minimum atomic E-state index is -1.03. The van der Waals surface area contributed by atoms with Crippen molar-refractivity contribution in [2.45, 2.75) is 6.61 Å². The van der Waals surface area contributed by atoms with Gasteiger partial charge in [-0.25, -0.2) is 4.79 Å². The zero-order chi connectivity index (χ0) is 13.8. The number of hydrogen-bond acceptors (Lipinski definition) is 3. The van der Waals surface area contributed by atoms with Gasteiger partial charge in [0.05, 0.1) is 5.56 Å². The molecule has 0 aliphatic rings. The smallest absolute Gasteiger partial charge is 0.335 e. The quantitative estimate of drug-likeness (QED) is 0.900. The highest BCUT2D eigenvalue weighted by molar-refractivity contribution is 6.31. The summed E-state index contributed by atoms with van der Waals surface area (Å²) in [6.45, 7) is 0.197. The van der Waals surface area contributed by atoms with Gasteiger partial charge in [-0.05, 0) is 24.3 Å². The zero-order valence-corrected chi connectivity index (χ0v) is 10.6. The molecule has 98 valence electrons. The van der Waals surface area contributed by atoms with Crippen LogP contribution in [0.1, 0.15) is 15.9 Å². The van der Waals surface area contributed by atoms with Crippen LogP contribution in [0.3, 0.4) is 0 Å². The van der Waals surface area contributed by atoms with Gasteiger partial charge in [0.1, 0.15) is 18.1 Å². The number of benzene rings is 2. The number of aromatic hydroxyl groups is 1. The average molecular weight is 279 g/mol. The molecule has 0 aliphatic carbocycles. The van der Waals surface area contributed by atoms with Crippen LogP contribution in [0.4, 0.5) is 0 Å². The first-order chi connectivity index (χ1) is 9.06. The lowest BCUT2D eigenvalue weighted by Crippen LogP contribution is -2.00. The van der Waals surface area contributed by atoms with Crippen LogP contribution in [0, 0.1) is 0 Å². The van der Waals surface area contributed by atoms with Crippen molar-refractivity contribution in [3.8, 4) is 11.5 Å². The first kappa shape index (κ1) is 13.2. The van der Waals surface area contributed by atoms with Gasteiger partial charge in [0.25, 0.3) is 0 Å². The van der Waals surface area contributed by atoms with Gasteiger partial charge in [-0.15, -0.1) is 0 Å². The summed E-state index contributed by atoms with van der Waals surface area (Å²) in [6.07, 6.45) is 0. The van der Waals surface area contributed by atoms with Crippen LogP contribution in [-0.4, -0.2) is 16.2 Å². The van der Waals surface area contributed by atoms with Gasteiger partial charge in [0, 0.05) is 16.7 Å². The Morgan fingerprint density at radius 2 is 2.00 bits per heavy atom. The van der Waals surface area contributed by atoms with Crippen LogP contribution < -0.4 is 4.74 Å². The van der Waals surface area contributed by atoms with E-state index in [1.54, 1.807) is 24.3 Å². The van der Waals surface area contributed by atoms with Gasteiger partial charge in [0.15, 0.2) is 0 Å². The molecule has 19 heavy (non-hydrogen) atoms.